The first-order valence-electron chi connectivity index (χ1n) is 10.0. The number of phenolic OH excluding ortho intramolecular Hbond substituents is 1. The fourth-order valence-electron chi connectivity index (χ4n) is 2.96. The molecule has 31 heavy (non-hydrogen) atoms. The predicted octanol–water partition coefficient (Wildman–Crippen LogP) is 5.23. The highest BCUT2D eigenvalue weighted by atomic mass is 16.7. The Labute approximate surface area is 182 Å². The first-order valence-corrected chi connectivity index (χ1v) is 10.0. The lowest BCUT2D eigenvalue weighted by Crippen LogP contribution is -2.25. The second-order valence-corrected chi connectivity index (χ2v) is 8.38. The van der Waals surface area contributed by atoms with Crippen LogP contribution in [0.25, 0.3) is 0 Å². The van der Waals surface area contributed by atoms with Crippen LogP contribution in [0.15, 0.2) is 52.9 Å². The topological polar surface area (TPSA) is 85.0 Å². The molecule has 0 aliphatic heterocycles. The molecule has 0 saturated heterocycles. The molecule has 7 heteroatoms. The third kappa shape index (κ3) is 6.25. The SMILES string of the molecule is Cc1nc(N(C)Cc2ccccc2)oc1Cc1ccc(OC(=O)OC(C)(C)C)cc1O. The normalized spacial score (nSPS) is 11.3. The second-order valence-electron chi connectivity index (χ2n) is 8.38. The molecule has 0 saturated carbocycles. The zero-order valence-electron chi connectivity index (χ0n) is 18.5. The number of aromatic hydroxyl groups is 1. The maximum Gasteiger partial charge on any atom is 0.514 e. The number of phenols is 1. The van der Waals surface area contributed by atoms with E-state index in [-0.39, 0.29) is 11.5 Å². The standard InChI is InChI=1S/C24H28N2O5/c1-16-21(30-22(25-16)26(5)15-17-9-7-6-8-10-17)13-18-11-12-19(14-20(18)27)29-23(28)31-24(2,3)4/h6-12,14,27H,13,15H2,1-5H3. The smallest absolute Gasteiger partial charge is 0.508 e. The van der Waals surface area contributed by atoms with Crippen LogP contribution in [0.4, 0.5) is 10.8 Å². The van der Waals surface area contributed by atoms with Crippen molar-refractivity contribution in [2.75, 3.05) is 11.9 Å². The van der Waals surface area contributed by atoms with E-state index in [4.69, 9.17) is 13.9 Å². The number of carbonyl (C=O) groups is 1. The zero-order chi connectivity index (χ0) is 22.6. The Morgan fingerprint density at radius 1 is 1.16 bits per heavy atom. The van der Waals surface area contributed by atoms with Gasteiger partial charge in [-0.1, -0.05) is 36.4 Å². The number of carbonyl (C=O) groups excluding carboxylic acids is 1. The average molecular weight is 424 g/mol. The van der Waals surface area contributed by atoms with Crippen LogP contribution < -0.4 is 9.64 Å². The van der Waals surface area contributed by atoms with E-state index >= 15 is 0 Å². The van der Waals surface area contributed by atoms with Gasteiger partial charge in [0, 0.05) is 31.6 Å². The maximum absolute atomic E-state index is 11.8. The number of ether oxygens (including phenoxy) is 2. The zero-order valence-corrected chi connectivity index (χ0v) is 18.5. The second kappa shape index (κ2) is 9.12. The molecule has 1 heterocycles. The van der Waals surface area contributed by atoms with Crippen molar-refractivity contribution in [2.24, 2.45) is 0 Å². The molecule has 7 nitrogen and oxygen atoms in total. The van der Waals surface area contributed by atoms with Crippen LogP contribution in [0.1, 0.15) is 43.4 Å². The lowest BCUT2D eigenvalue weighted by molar-refractivity contribution is 0.0206. The van der Waals surface area contributed by atoms with Gasteiger partial charge in [0.05, 0.1) is 5.69 Å². The van der Waals surface area contributed by atoms with Crippen molar-refractivity contribution in [1.29, 1.82) is 0 Å². The summed E-state index contributed by atoms with van der Waals surface area (Å²) in [5.41, 5.74) is 1.88. The molecule has 0 bridgehead atoms. The molecule has 0 radical (unpaired) electrons. The number of benzene rings is 2. The molecule has 0 fully saturated rings. The van der Waals surface area contributed by atoms with E-state index in [1.54, 1.807) is 32.9 Å². The molecule has 2 aromatic carbocycles. The molecule has 1 aromatic heterocycles. The Morgan fingerprint density at radius 2 is 1.87 bits per heavy atom. The van der Waals surface area contributed by atoms with Crippen LogP contribution in [-0.4, -0.2) is 28.9 Å². The quantitative estimate of drug-likeness (QED) is 0.428. The van der Waals surface area contributed by atoms with E-state index in [0.717, 1.165) is 11.3 Å². The van der Waals surface area contributed by atoms with Crippen molar-refractivity contribution >= 4 is 12.2 Å². The lowest BCUT2D eigenvalue weighted by atomic mass is 10.1. The van der Waals surface area contributed by atoms with Crippen molar-refractivity contribution in [2.45, 2.75) is 46.3 Å². The van der Waals surface area contributed by atoms with E-state index in [0.29, 0.717) is 30.3 Å². The van der Waals surface area contributed by atoms with Crippen molar-refractivity contribution in [3.8, 4) is 11.5 Å². The van der Waals surface area contributed by atoms with E-state index in [9.17, 15) is 9.90 Å². The minimum Gasteiger partial charge on any atom is -0.508 e. The summed E-state index contributed by atoms with van der Waals surface area (Å²) in [6, 6.07) is 15.2. The first kappa shape index (κ1) is 22.2. The lowest BCUT2D eigenvalue weighted by Gasteiger charge is -2.18. The van der Waals surface area contributed by atoms with Gasteiger partial charge >= 0.3 is 6.16 Å². The van der Waals surface area contributed by atoms with Crippen LogP contribution in [0.5, 0.6) is 11.5 Å². The summed E-state index contributed by atoms with van der Waals surface area (Å²) >= 11 is 0. The molecule has 164 valence electrons. The number of hydrogen-bond acceptors (Lipinski definition) is 7. The van der Waals surface area contributed by atoms with Gasteiger partial charge in [0.15, 0.2) is 0 Å². The molecule has 3 rings (SSSR count). The van der Waals surface area contributed by atoms with Gasteiger partial charge < -0.3 is 23.9 Å². The molecule has 3 aromatic rings. The fraction of sp³-hybridized carbons (Fsp3) is 0.333. The van der Waals surface area contributed by atoms with Gasteiger partial charge in [0.1, 0.15) is 22.9 Å². The molecule has 0 amide bonds. The van der Waals surface area contributed by atoms with Gasteiger partial charge in [-0.25, -0.2) is 4.79 Å². The Bertz CT molecular complexity index is 1040. The summed E-state index contributed by atoms with van der Waals surface area (Å²) in [7, 11) is 1.92. The summed E-state index contributed by atoms with van der Waals surface area (Å²) in [6.07, 6.45) is -0.465. The van der Waals surface area contributed by atoms with E-state index in [2.05, 4.69) is 4.98 Å². The Kier molecular flexibility index (Phi) is 6.53. The highest BCUT2D eigenvalue weighted by Crippen LogP contribution is 2.29. The Balaban J connectivity index is 1.68. The molecule has 0 aliphatic rings. The molecule has 1 N–H and O–H groups in total. The molecule has 0 atom stereocenters. The monoisotopic (exact) mass is 424 g/mol. The molecule has 0 spiro atoms. The molecular formula is C24H28N2O5. The average Bonchev–Trinajstić information content (AvgIpc) is 3.04. The van der Waals surface area contributed by atoms with E-state index < -0.39 is 11.8 Å². The first-order chi connectivity index (χ1) is 14.6. The number of aromatic nitrogens is 1. The van der Waals surface area contributed by atoms with Gasteiger partial charge in [-0.3, -0.25) is 0 Å². The van der Waals surface area contributed by atoms with Gasteiger partial charge in [-0.05, 0) is 39.3 Å². The molecular weight excluding hydrogens is 396 g/mol. The number of anilines is 1. The van der Waals surface area contributed by atoms with Crippen LogP contribution in [0.2, 0.25) is 0 Å². The summed E-state index contributed by atoms with van der Waals surface area (Å²) in [4.78, 5) is 18.3. The summed E-state index contributed by atoms with van der Waals surface area (Å²) in [6.45, 7) is 7.79. The number of hydrogen-bond donors (Lipinski definition) is 1. The molecule has 0 unspecified atom stereocenters. The largest absolute Gasteiger partial charge is 0.514 e. The number of nitrogens with zero attached hydrogens (tertiary/aromatic N) is 2. The van der Waals surface area contributed by atoms with Crippen LogP contribution in [0, 0.1) is 6.92 Å². The highest BCUT2D eigenvalue weighted by Gasteiger charge is 2.19. The van der Waals surface area contributed by atoms with Gasteiger partial charge in [0.25, 0.3) is 6.01 Å². The third-order valence-electron chi connectivity index (χ3n) is 4.47. The Morgan fingerprint density at radius 3 is 2.52 bits per heavy atom. The van der Waals surface area contributed by atoms with Crippen LogP contribution >= 0.6 is 0 Å². The highest BCUT2D eigenvalue weighted by molar-refractivity contribution is 5.64. The van der Waals surface area contributed by atoms with Crippen molar-refractivity contribution < 1.29 is 23.8 Å². The summed E-state index contributed by atoms with van der Waals surface area (Å²) in [5.74, 6) is 0.857. The summed E-state index contributed by atoms with van der Waals surface area (Å²) < 4.78 is 16.2. The van der Waals surface area contributed by atoms with Crippen molar-refractivity contribution in [3.05, 3.63) is 71.1 Å². The van der Waals surface area contributed by atoms with Crippen LogP contribution in [0.3, 0.4) is 0 Å². The van der Waals surface area contributed by atoms with Crippen molar-refractivity contribution in [3.63, 3.8) is 0 Å². The van der Waals surface area contributed by atoms with Gasteiger partial charge in [0.2, 0.25) is 0 Å². The number of aryl methyl sites for hydroxylation is 1. The Hall–Kier alpha value is -3.48. The van der Waals surface area contributed by atoms with Gasteiger partial charge in [-0.2, -0.15) is 4.98 Å². The van der Waals surface area contributed by atoms with E-state index in [1.807, 2.05) is 49.2 Å². The van der Waals surface area contributed by atoms with Crippen LogP contribution in [-0.2, 0) is 17.7 Å². The van der Waals surface area contributed by atoms with E-state index in [1.165, 1.54) is 6.07 Å². The number of oxazole rings is 1. The fourth-order valence-corrected chi connectivity index (χ4v) is 2.96. The maximum atomic E-state index is 11.8. The van der Waals surface area contributed by atoms with Gasteiger partial charge in [-0.15, -0.1) is 0 Å². The molecule has 0 aliphatic carbocycles. The van der Waals surface area contributed by atoms with Crippen molar-refractivity contribution in [1.82, 2.24) is 4.98 Å². The minimum absolute atomic E-state index is 0.00366. The third-order valence-corrected chi connectivity index (χ3v) is 4.47. The number of rotatable bonds is 6. The minimum atomic E-state index is -0.822. The summed E-state index contributed by atoms with van der Waals surface area (Å²) in [5, 5.41) is 10.4. The predicted molar refractivity (Wildman–Crippen MR) is 118 cm³/mol.